The number of halogens is 1. The van der Waals surface area contributed by atoms with Crippen molar-refractivity contribution in [1.29, 1.82) is 0 Å². The lowest BCUT2D eigenvalue weighted by molar-refractivity contribution is -0.143. The molecule has 2 aliphatic heterocycles. The molecule has 0 aromatic heterocycles. The first kappa shape index (κ1) is 17.9. The Morgan fingerprint density at radius 2 is 1.92 bits per heavy atom. The molecule has 5 heteroatoms. The summed E-state index contributed by atoms with van der Waals surface area (Å²) in [5.74, 6) is -0.0125. The van der Waals surface area contributed by atoms with Gasteiger partial charge in [-0.25, -0.2) is 4.39 Å². The van der Waals surface area contributed by atoms with E-state index in [-0.39, 0.29) is 23.5 Å². The van der Waals surface area contributed by atoms with Crippen LogP contribution in [0.3, 0.4) is 0 Å². The van der Waals surface area contributed by atoms with E-state index in [1.807, 2.05) is 11.0 Å². The average molecular weight is 346 g/mol. The highest BCUT2D eigenvalue weighted by Crippen LogP contribution is 2.22. The van der Waals surface area contributed by atoms with Gasteiger partial charge in [0.05, 0.1) is 5.92 Å². The van der Waals surface area contributed by atoms with Crippen LogP contribution in [-0.4, -0.2) is 47.8 Å². The van der Waals surface area contributed by atoms with E-state index in [2.05, 4.69) is 0 Å². The molecule has 3 rings (SSSR count). The molecule has 0 aliphatic carbocycles. The average Bonchev–Trinajstić information content (AvgIpc) is 2.90. The Balaban J connectivity index is 1.57. The maximum Gasteiger partial charge on any atom is 0.227 e. The van der Waals surface area contributed by atoms with E-state index >= 15 is 0 Å². The van der Waals surface area contributed by atoms with Crippen LogP contribution in [0.4, 0.5) is 4.39 Å². The highest BCUT2D eigenvalue weighted by atomic mass is 19.1. The molecule has 0 saturated carbocycles. The summed E-state index contributed by atoms with van der Waals surface area (Å²) < 4.78 is 13.3. The van der Waals surface area contributed by atoms with Crippen molar-refractivity contribution in [2.45, 2.75) is 44.9 Å². The summed E-state index contributed by atoms with van der Waals surface area (Å²) in [6.45, 7) is 2.76. The third-order valence-corrected chi connectivity index (χ3v) is 5.33. The van der Waals surface area contributed by atoms with Crippen molar-refractivity contribution in [2.75, 3.05) is 26.2 Å². The Morgan fingerprint density at radius 3 is 2.64 bits per heavy atom. The number of nitrogens with zero attached hydrogens (tertiary/aromatic N) is 2. The lowest BCUT2D eigenvalue weighted by Gasteiger charge is -2.34. The molecular weight excluding hydrogens is 319 g/mol. The number of carbonyl (C=O) groups excluding carboxylic acids is 2. The molecule has 1 aromatic rings. The fraction of sp³-hybridized carbons (Fsp3) is 0.600. The number of hydrogen-bond acceptors (Lipinski definition) is 2. The SMILES string of the molecule is O=C1CC[C@@H](C(=O)N2CCCCCC2)CN1CCc1cccc(F)c1. The van der Waals surface area contributed by atoms with Crippen LogP contribution in [0.15, 0.2) is 24.3 Å². The van der Waals surface area contributed by atoms with Crippen molar-refractivity contribution < 1.29 is 14.0 Å². The largest absolute Gasteiger partial charge is 0.342 e. The minimum Gasteiger partial charge on any atom is -0.342 e. The molecule has 0 unspecified atom stereocenters. The van der Waals surface area contributed by atoms with Crippen LogP contribution in [0.5, 0.6) is 0 Å². The summed E-state index contributed by atoms with van der Waals surface area (Å²) in [5, 5.41) is 0. The molecule has 2 aliphatic rings. The zero-order valence-electron chi connectivity index (χ0n) is 14.8. The van der Waals surface area contributed by atoms with E-state index in [1.54, 1.807) is 11.0 Å². The standard InChI is InChI=1S/C20H27FN2O2/c21-18-7-5-6-16(14-18)10-13-23-15-17(8-9-19(23)24)20(25)22-11-3-1-2-4-12-22/h5-7,14,17H,1-4,8-13,15H2/t17-/m1/s1. The summed E-state index contributed by atoms with van der Waals surface area (Å²) in [6.07, 6.45) is 6.28. The molecule has 2 heterocycles. The number of amides is 2. The van der Waals surface area contributed by atoms with Crippen LogP contribution in [0.2, 0.25) is 0 Å². The first-order chi connectivity index (χ1) is 12.1. The molecule has 25 heavy (non-hydrogen) atoms. The van der Waals surface area contributed by atoms with E-state index < -0.39 is 0 Å². The smallest absolute Gasteiger partial charge is 0.227 e. The topological polar surface area (TPSA) is 40.6 Å². The van der Waals surface area contributed by atoms with Gasteiger partial charge in [-0.1, -0.05) is 25.0 Å². The highest BCUT2D eigenvalue weighted by molar-refractivity contribution is 5.84. The second-order valence-corrected chi connectivity index (χ2v) is 7.19. The molecule has 0 spiro atoms. The summed E-state index contributed by atoms with van der Waals surface area (Å²) in [5.41, 5.74) is 0.883. The predicted octanol–water partition coefficient (Wildman–Crippen LogP) is 3.01. The lowest BCUT2D eigenvalue weighted by atomic mass is 9.95. The van der Waals surface area contributed by atoms with Crippen molar-refractivity contribution in [3.8, 4) is 0 Å². The molecule has 1 aromatic carbocycles. The van der Waals surface area contributed by atoms with Gasteiger partial charge in [-0.2, -0.15) is 0 Å². The van der Waals surface area contributed by atoms with Gasteiger partial charge in [0.1, 0.15) is 5.82 Å². The van der Waals surface area contributed by atoms with Gasteiger partial charge in [0.2, 0.25) is 11.8 Å². The van der Waals surface area contributed by atoms with E-state index in [9.17, 15) is 14.0 Å². The van der Waals surface area contributed by atoms with E-state index in [4.69, 9.17) is 0 Å². The minimum atomic E-state index is -0.253. The second-order valence-electron chi connectivity index (χ2n) is 7.19. The number of benzene rings is 1. The van der Waals surface area contributed by atoms with Crippen molar-refractivity contribution in [3.05, 3.63) is 35.6 Å². The Kier molecular flexibility index (Phi) is 6.05. The van der Waals surface area contributed by atoms with Crippen LogP contribution in [-0.2, 0) is 16.0 Å². The first-order valence-electron chi connectivity index (χ1n) is 9.44. The number of rotatable bonds is 4. The molecule has 0 N–H and O–H groups in total. The van der Waals surface area contributed by atoms with Crippen LogP contribution >= 0.6 is 0 Å². The van der Waals surface area contributed by atoms with Gasteiger partial charge in [0.25, 0.3) is 0 Å². The van der Waals surface area contributed by atoms with Crippen molar-refractivity contribution in [1.82, 2.24) is 9.80 Å². The fourth-order valence-corrected chi connectivity index (χ4v) is 3.84. The molecule has 0 bridgehead atoms. The minimum absolute atomic E-state index is 0.0803. The highest BCUT2D eigenvalue weighted by Gasteiger charge is 2.32. The molecule has 2 saturated heterocycles. The van der Waals surface area contributed by atoms with E-state index in [0.717, 1.165) is 31.5 Å². The molecule has 1 atom stereocenters. The summed E-state index contributed by atoms with van der Waals surface area (Å²) in [6, 6.07) is 6.49. The Hall–Kier alpha value is -1.91. The number of piperidine rings is 1. The van der Waals surface area contributed by atoms with Gasteiger partial charge in [0, 0.05) is 32.6 Å². The third kappa shape index (κ3) is 4.80. The van der Waals surface area contributed by atoms with Crippen LogP contribution in [0, 0.1) is 11.7 Å². The zero-order valence-corrected chi connectivity index (χ0v) is 14.8. The summed E-state index contributed by atoms with van der Waals surface area (Å²) in [4.78, 5) is 28.8. The fourth-order valence-electron chi connectivity index (χ4n) is 3.84. The molecule has 2 fully saturated rings. The summed E-state index contributed by atoms with van der Waals surface area (Å²) in [7, 11) is 0. The van der Waals surface area contributed by atoms with Gasteiger partial charge >= 0.3 is 0 Å². The Labute approximate surface area is 149 Å². The van der Waals surface area contributed by atoms with Crippen LogP contribution in [0.25, 0.3) is 0 Å². The molecular formula is C20H27FN2O2. The maximum atomic E-state index is 13.3. The Morgan fingerprint density at radius 1 is 1.16 bits per heavy atom. The zero-order chi connectivity index (χ0) is 17.6. The number of hydrogen-bond donors (Lipinski definition) is 0. The van der Waals surface area contributed by atoms with Crippen molar-refractivity contribution in [3.63, 3.8) is 0 Å². The Bertz CT molecular complexity index is 611. The van der Waals surface area contributed by atoms with Crippen molar-refractivity contribution >= 4 is 11.8 Å². The normalized spacial score (nSPS) is 22.0. The van der Waals surface area contributed by atoms with Crippen molar-refractivity contribution in [2.24, 2.45) is 5.92 Å². The maximum absolute atomic E-state index is 13.3. The quantitative estimate of drug-likeness (QED) is 0.841. The van der Waals surface area contributed by atoms with Gasteiger partial charge in [0.15, 0.2) is 0 Å². The van der Waals surface area contributed by atoms with Gasteiger partial charge in [-0.15, -0.1) is 0 Å². The van der Waals surface area contributed by atoms with E-state index in [0.29, 0.717) is 32.4 Å². The van der Waals surface area contributed by atoms with Crippen LogP contribution < -0.4 is 0 Å². The third-order valence-electron chi connectivity index (χ3n) is 5.33. The number of likely N-dealkylation sites (tertiary alicyclic amines) is 2. The molecule has 136 valence electrons. The molecule has 4 nitrogen and oxygen atoms in total. The van der Waals surface area contributed by atoms with Gasteiger partial charge in [-0.3, -0.25) is 9.59 Å². The van der Waals surface area contributed by atoms with E-state index in [1.165, 1.54) is 25.0 Å². The van der Waals surface area contributed by atoms with Gasteiger partial charge in [-0.05, 0) is 43.4 Å². The predicted molar refractivity (Wildman–Crippen MR) is 94.5 cm³/mol. The summed E-state index contributed by atoms with van der Waals surface area (Å²) >= 11 is 0. The molecule has 2 amide bonds. The monoisotopic (exact) mass is 346 g/mol. The lowest BCUT2D eigenvalue weighted by Crippen LogP contribution is -2.47. The first-order valence-corrected chi connectivity index (χ1v) is 9.44. The van der Waals surface area contributed by atoms with Gasteiger partial charge < -0.3 is 9.80 Å². The van der Waals surface area contributed by atoms with Crippen LogP contribution in [0.1, 0.15) is 44.1 Å². The second kappa shape index (κ2) is 8.45. The number of carbonyl (C=O) groups is 2. The molecule has 0 radical (unpaired) electrons.